The molecule has 0 aliphatic heterocycles. The van der Waals surface area contributed by atoms with Gasteiger partial charge in [-0.2, -0.15) is 5.10 Å². The molecule has 0 unspecified atom stereocenters. The lowest BCUT2D eigenvalue weighted by molar-refractivity contribution is -0.114. The molecular weight excluding hydrogens is 460 g/mol. The molecule has 1 N–H and O–H groups in total. The van der Waals surface area contributed by atoms with Crippen LogP contribution in [0.25, 0.3) is 10.8 Å². The number of rotatable bonds is 7. The lowest BCUT2D eigenvalue weighted by Gasteiger charge is -2.27. The Balaban J connectivity index is 1.54. The van der Waals surface area contributed by atoms with Crippen LogP contribution >= 0.6 is 0 Å². The molecule has 0 atom stereocenters. The van der Waals surface area contributed by atoms with Crippen LogP contribution in [0.15, 0.2) is 71.6 Å². The van der Waals surface area contributed by atoms with E-state index in [2.05, 4.69) is 10.4 Å². The molecule has 0 saturated heterocycles. The number of hydrogen-bond acceptors (Lipinski definition) is 4. The quantitative estimate of drug-likeness (QED) is 0.401. The maximum Gasteiger partial charge on any atom is 0.265 e. The van der Waals surface area contributed by atoms with E-state index in [1.165, 1.54) is 4.31 Å². The normalized spacial score (nSPS) is 13.7. The largest absolute Gasteiger partial charge is 0.309 e. The molecule has 0 radical (unpaired) electrons. The van der Waals surface area contributed by atoms with Gasteiger partial charge in [0.2, 0.25) is 5.91 Å². The van der Waals surface area contributed by atoms with Gasteiger partial charge in [0.15, 0.2) is 0 Å². The molecule has 0 bridgehead atoms. The number of sulfonamides is 1. The molecule has 1 heterocycles. The number of carbonyl (C=O) groups is 1. The monoisotopic (exact) mass is 488 g/mol. The van der Waals surface area contributed by atoms with Gasteiger partial charge in [-0.25, -0.2) is 8.42 Å². The fourth-order valence-corrected chi connectivity index (χ4v) is 6.04. The summed E-state index contributed by atoms with van der Waals surface area (Å²) in [4.78, 5) is 13.4. The molecule has 5 rings (SSSR count). The van der Waals surface area contributed by atoms with Crippen molar-refractivity contribution in [2.75, 3.05) is 16.2 Å². The van der Waals surface area contributed by atoms with E-state index in [-0.39, 0.29) is 11.4 Å². The number of nitrogens with zero attached hydrogens (tertiary/aromatic N) is 3. The fraction of sp³-hybridized carbons (Fsp3) is 0.259. The molecule has 3 aromatic carbocycles. The molecule has 7 nitrogen and oxygen atoms in total. The summed E-state index contributed by atoms with van der Waals surface area (Å²) in [7, 11) is -2.29. The molecule has 1 aliphatic carbocycles. The van der Waals surface area contributed by atoms with Gasteiger partial charge in [-0.15, -0.1) is 0 Å². The molecule has 180 valence electrons. The third kappa shape index (κ3) is 4.41. The van der Waals surface area contributed by atoms with Crippen molar-refractivity contribution in [3.05, 3.63) is 83.6 Å². The third-order valence-corrected chi connectivity index (χ3v) is 8.43. The number of carbonyl (C=O) groups excluding carboxylic acids is 1. The van der Waals surface area contributed by atoms with Gasteiger partial charge in [0.1, 0.15) is 12.4 Å². The molecule has 1 fully saturated rings. The van der Waals surface area contributed by atoms with Crippen molar-refractivity contribution in [2.45, 2.75) is 37.5 Å². The Hall–Kier alpha value is -3.65. The molecular formula is C27H28N4O3S. The van der Waals surface area contributed by atoms with Crippen molar-refractivity contribution in [1.82, 2.24) is 9.78 Å². The maximum atomic E-state index is 14.1. The summed E-state index contributed by atoms with van der Waals surface area (Å²) in [6.07, 6.45) is 2.21. The van der Waals surface area contributed by atoms with Gasteiger partial charge in [0.05, 0.1) is 16.3 Å². The zero-order chi connectivity index (χ0) is 24.7. The molecule has 4 aromatic rings. The van der Waals surface area contributed by atoms with Crippen LogP contribution in [0, 0.1) is 13.8 Å². The Bertz CT molecular complexity index is 1530. The number of aryl methyl sites for hydroxylation is 2. The SMILES string of the molecule is Cc1cccc(N(CC(=O)Nc2cc(C3CC3)nn2C)S(=O)(=O)c2cccc3ccccc23)c1C. The number of fused-ring (bicyclic) bond motifs is 1. The van der Waals surface area contributed by atoms with Crippen molar-refractivity contribution in [2.24, 2.45) is 7.05 Å². The second-order valence-corrected chi connectivity index (χ2v) is 10.9. The second kappa shape index (κ2) is 8.85. The van der Waals surface area contributed by atoms with Crippen LogP contribution < -0.4 is 9.62 Å². The van der Waals surface area contributed by atoms with Crippen LogP contribution in [0.4, 0.5) is 11.5 Å². The fourth-order valence-electron chi connectivity index (χ4n) is 4.34. The maximum absolute atomic E-state index is 14.1. The van der Waals surface area contributed by atoms with Crippen molar-refractivity contribution in [1.29, 1.82) is 0 Å². The highest BCUT2D eigenvalue weighted by Gasteiger charge is 2.31. The highest BCUT2D eigenvalue weighted by Crippen LogP contribution is 2.40. The minimum Gasteiger partial charge on any atom is -0.309 e. The first-order valence-corrected chi connectivity index (χ1v) is 13.1. The number of benzene rings is 3. The highest BCUT2D eigenvalue weighted by atomic mass is 32.2. The van der Waals surface area contributed by atoms with E-state index in [0.29, 0.717) is 22.8 Å². The summed E-state index contributed by atoms with van der Waals surface area (Å²) >= 11 is 0. The van der Waals surface area contributed by atoms with Gasteiger partial charge in [-0.05, 0) is 55.3 Å². The van der Waals surface area contributed by atoms with Crippen LogP contribution in [0.2, 0.25) is 0 Å². The Kier molecular flexibility index (Phi) is 5.84. The number of anilines is 2. The third-order valence-electron chi connectivity index (χ3n) is 6.61. The first kappa shape index (κ1) is 23.1. The first-order valence-electron chi connectivity index (χ1n) is 11.7. The minimum absolute atomic E-state index is 0.167. The summed E-state index contributed by atoms with van der Waals surface area (Å²) in [5.41, 5.74) is 3.19. The van der Waals surface area contributed by atoms with E-state index < -0.39 is 15.9 Å². The Morgan fingerprint density at radius 1 is 1.06 bits per heavy atom. The van der Waals surface area contributed by atoms with E-state index in [0.717, 1.165) is 35.0 Å². The van der Waals surface area contributed by atoms with Crippen LogP contribution in [-0.2, 0) is 21.9 Å². The zero-order valence-electron chi connectivity index (χ0n) is 20.0. The van der Waals surface area contributed by atoms with Crippen molar-refractivity contribution in [3.63, 3.8) is 0 Å². The van der Waals surface area contributed by atoms with Crippen LogP contribution in [0.5, 0.6) is 0 Å². The molecule has 1 aliphatic rings. The average Bonchev–Trinajstić information content (AvgIpc) is 3.63. The van der Waals surface area contributed by atoms with Gasteiger partial charge in [-0.3, -0.25) is 13.8 Å². The highest BCUT2D eigenvalue weighted by molar-refractivity contribution is 7.93. The summed E-state index contributed by atoms with van der Waals surface area (Å²) in [5.74, 6) is 0.575. The predicted octanol–water partition coefficient (Wildman–Crippen LogP) is 4.90. The molecule has 1 saturated carbocycles. The predicted molar refractivity (Wildman–Crippen MR) is 138 cm³/mol. The van der Waals surface area contributed by atoms with Crippen LogP contribution in [0.3, 0.4) is 0 Å². The molecule has 1 amide bonds. The number of nitrogens with one attached hydrogen (secondary N) is 1. The average molecular weight is 489 g/mol. The lowest BCUT2D eigenvalue weighted by Crippen LogP contribution is -2.39. The smallest absolute Gasteiger partial charge is 0.265 e. The van der Waals surface area contributed by atoms with Crippen molar-refractivity contribution < 1.29 is 13.2 Å². The van der Waals surface area contributed by atoms with E-state index in [9.17, 15) is 13.2 Å². The van der Waals surface area contributed by atoms with Crippen molar-refractivity contribution in [3.8, 4) is 0 Å². The van der Waals surface area contributed by atoms with Gasteiger partial charge >= 0.3 is 0 Å². The lowest BCUT2D eigenvalue weighted by atomic mass is 10.1. The van der Waals surface area contributed by atoms with Crippen LogP contribution in [-0.4, -0.2) is 30.7 Å². The molecule has 0 spiro atoms. The summed E-state index contributed by atoms with van der Waals surface area (Å²) < 4.78 is 31.0. The number of amides is 1. The summed E-state index contributed by atoms with van der Waals surface area (Å²) in [5, 5.41) is 8.79. The van der Waals surface area contributed by atoms with E-state index >= 15 is 0 Å². The van der Waals surface area contributed by atoms with Gasteiger partial charge in [-0.1, -0.05) is 48.5 Å². The van der Waals surface area contributed by atoms with Gasteiger partial charge in [0.25, 0.3) is 10.0 Å². The molecule has 1 aromatic heterocycles. The number of hydrogen-bond donors (Lipinski definition) is 1. The van der Waals surface area contributed by atoms with E-state index in [4.69, 9.17) is 0 Å². The zero-order valence-corrected chi connectivity index (χ0v) is 20.8. The standard InChI is InChI=1S/C27H28N4O3S/c1-18-8-6-12-24(19(18)2)31(17-27(32)28-26-16-23(21-14-15-21)29-30(26)3)35(33,34)25-13-7-10-20-9-4-5-11-22(20)25/h4-13,16,21H,14-15,17H2,1-3H3,(H,28,32). The van der Waals surface area contributed by atoms with E-state index in [1.807, 2.05) is 56.3 Å². The van der Waals surface area contributed by atoms with E-state index in [1.54, 1.807) is 36.0 Å². The topological polar surface area (TPSA) is 84.3 Å². The Morgan fingerprint density at radius 2 is 1.77 bits per heavy atom. The Labute approximate surface area is 205 Å². The second-order valence-electron chi connectivity index (χ2n) is 9.11. The minimum atomic E-state index is -4.07. The summed E-state index contributed by atoms with van der Waals surface area (Å²) in [6.45, 7) is 3.44. The first-order chi connectivity index (χ1) is 16.8. The van der Waals surface area contributed by atoms with Gasteiger partial charge < -0.3 is 5.32 Å². The Morgan fingerprint density at radius 3 is 2.54 bits per heavy atom. The summed E-state index contributed by atoms with van der Waals surface area (Å²) in [6, 6.07) is 19.9. The molecule has 35 heavy (non-hydrogen) atoms. The van der Waals surface area contributed by atoms with Gasteiger partial charge in [0, 0.05) is 24.4 Å². The van der Waals surface area contributed by atoms with Crippen molar-refractivity contribution >= 4 is 38.2 Å². The number of aromatic nitrogens is 2. The molecule has 8 heteroatoms. The van der Waals surface area contributed by atoms with Crippen LogP contribution in [0.1, 0.15) is 35.6 Å².